The summed E-state index contributed by atoms with van der Waals surface area (Å²) in [5, 5.41) is 6.30. The zero-order valence-electron chi connectivity index (χ0n) is 16.8. The Morgan fingerprint density at radius 3 is 2.43 bits per heavy atom. The van der Waals surface area contributed by atoms with E-state index in [1.165, 1.54) is 5.56 Å². The first-order valence-corrected chi connectivity index (χ1v) is 9.15. The predicted octanol–water partition coefficient (Wildman–Crippen LogP) is 3.65. The van der Waals surface area contributed by atoms with Crippen molar-refractivity contribution in [1.82, 2.24) is 15.5 Å². The molecule has 9 heteroatoms. The van der Waals surface area contributed by atoms with Crippen LogP contribution in [0.3, 0.4) is 0 Å². The van der Waals surface area contributed by atoms with E-state index in [4.69, 9.17) is 0 Å². The van der Waals surface area contributed by atoms with Gasteiger partial charge in [-0.3, -0.25) is 9.89 Å². The number of rotatable bonds is 11. The van der Waals surface area contributed by atoms with Gasteiger partial charge >= 0.3 is 6.18 Å². The predicted molar refractivity (Wildman–Crippen MR) is 118 cm³/mol. The highest BCUT2D eigenvalue weighted by atomic mass is 127. The lowest BCUT2D eigenvalue weighted by atomic mass is 10.1. The summed E-state index contributed by atoms with van der Waals surface area (Å²) in [6.07, 6.45) is -2.85. The first-order chi connectivity index (χ1) is 12.8. The smallest absolute Gasteiger partial charge is 0.372 e. The SMILES string of the molecule is CN=C(NCCCOCC(F)(F)F)NCCC(C)N(C)Cc1ccccc1.I. The van der Waals surface area contributed by atoms with Crippen molar-refractivity contribution < 1.29 is 17.9 Å². The Morgan fingerprint density at radius 2 is 1.82 bits per heavy atom. The molecule has 1 atom stereocenters. The van der Waals surface area contributed by atoms with Crippen LogP contribution in [0, 0.1) is 0 Å². The van der Waals surface area contributed by atoms with Crippen molar-refractivity contribution in [3.8, 4) is 0 Å². The molecule has 0 aliphatic heterocycles. The Balaban J connectivity index is 0.00000729. The van der Waals surface area contributed by atoms with E-state index < -0.39 is 12.8 Å². The lowest BCUT2D eigenvalue weighted by Gasteiger charge is -2.25. The van der Waals surface area contributed by atoms with Crippen molar-refractivity contribution in [3.05, 3.63) is 35.9 Å². The van der Waals surface area contributed by atoms with Gasteiger partial charge in [-0.2, -0.15) is 13.2 Å². The van der Waals surface area contributed by atoms with Gasteiger partial charge in [-0.25, -0.2) is 0 Å². The molecule has 28 heavy (non-hydrogen) atoms. The third kappa shape index (κ3) is 13.2. The maximum absolute atomic E-state index is 12.0. The minimum atomic E-state index is -4.27. The van der Waals surface area contributed by atoms with Crippen molar-refractivity contribution in [3.63, 3.8) is 0 Å². The van der Waals surface area contributed by atoms with Crippen molar-refractivity contribution >= 4 is 29.9 Å². The van der Waals surface area contributed by atoms with Crippen LogP contribution in [0.25, 0.3) is 0 Å². The molecule has 0 saturated carbocycles. The molecule has 1 aromatic rings. The number of nitrogens with one attached hydrogen (secondary N) is 2. The van der Waals surface area contributed by atoms with E-state index >= 15 is 0 Å². The molecule has 0 heterocycles. The Bertz CT molecular complexity index is 544. The molecule has 0 aliphatic rings. The van der Waals surface area contributed by atoms with Gasteiger partial charge in [0.25, 0.3) is 0 Å². The second-order valence-electron chi connectivity index (χ2n) is 6.49. The van der Waals surface area contributed by atoms with E-state index in [2.05, 4.69) is 51.4 Å². The Labute approximate surface area is 183 Å². The highest BCUT2D eigenvalue weighted by Crippen LogP contribution is 2.14. The number of halogens is 4. The summed E-state index contributed by atoms with van der Waals surface area (Å²) >= 11 is 0. The van der Waals surface area contributed by atoms with Crippen LogP contribution in [0.4, 0.5) is 13.2 Å². The van der Waals surface area contributed by atoms with E-state index in [1.54, 1.807) is 7.05 Å². The fraction of sp³-hybridized carbons (Fsp3) is 0.632. The van der Waals surface area contributed by atoms with Gasteiger partial charge in [0.2, 0.25) is 0 Å². The summed E-state index contributed by atoms with van der Waals surface area (Å²) in [6, 6.07) is 10.7. The molecule has 5 nitrogen and oxygen atoms in total. The minimum absolute atomic E-state index is 0. The van der Waals surface area contributed by atoms with E-state index in [0.29, 0.717) is 25.0 Å². The summed E-state index contributed by atoms with van der Waals surface area (Å²) in [4.78, 5) is 6.41. The first kappa shape index (κ1) is 26.9. The molecule has 2 N–H and O–H groups in total. The maximum Gasteiger partial charge on any atom is 0.411 e. The monoisotopic (exact) mass is 516 g/mol. The lowest BCUT2D eigenvalue weighted by Crippen LogP contribution is -2.40. The highest BCUT2D eigenvalue weighted by molar-refractivity contribution is 14.0. The van der Waals surface area contributed by atoms with Crippen LogP contribution in [-0.2, 0) is 11.3 Å². The molecule has 1 aromatic carbocycles. The van der Waals surface area contributed by atoms with Crippen LogP contribution in [0.1, 0.15) is 25.3 Å². The highest BCUT2D eigenvalue weighted by Gasteiger charge is 2.27. The molecule has 162 valence electrons. The molecule has 1 rings (SSSR count). The third-order valence-corrected chi connectivity index (χ3v) is 4.13. The standard InChI is InChI=1S/C19H31F3N4O.HI/c1-16(26(3)14-17-8-5-4-6-9-17)10-12-25-18(23-2)24-11-7-13-27-15-19(20,21)22;/h4-6,8-9,16H,7,10-15H2,1-3H3,(H2,23,24,25);1H. The largest absolute Gasteiger partial charge is 0.411 e. The lowest BCUT2D eigenvalue weighted by molar-refractivity contribution is -0.173. The number of ether oxygens (including phenoxy) is 1. The number of hydrogen-bond donors (Lipinski definition) is 2. The van der Waals surface area contributed by atoms with Crippen molar-refractivity contribution in [2.24, 2.45) is 4.99 Å². The zero-order valence-corrected chi connectivity index (χ0v) is 19.1. The quantitative estimate of drug-likeness (QED) is 0.204. The number of aliphatic imine (C=N–C) groups is 1. The molecule has 0 fully saturated rings. The Morgan fingerprint density at radius 1 is 1.18 bits per heavy atom. The molecule has 0 spiro atoms. The third-order valence-electron chi connectivity index (χ3n) is 4.13. The number of alkyl halides is 3. The van der Waals surface area contributed by atoms with Gasteiger partial charge < -0.3 is 15.4 Å². The molecule has 0 bridgehead atoms. The van der Waals surface area contributed by atoms with Gasteiger partial charge in [0.1, 0.15) is 6.61 Å². The van der Waals surface area contributed by atoms with Crippen molar-refractivity contribution in [2.75, 3.05) is 40.4 Å². The maximum atomic E-state index is 12.0. The van der Waals surface area contributed by atoms with Gasteiger partial charge in [0.05, 0.1) is 0 Å². The fourth-order valence-corrected chi connectivity index (χ4v) is 2.44. The second kappa shape index (κ2) is 14.9. The molecular weight excluding hydrogens is 484 g/mol. The normalized spacial score (nSPS) is 13.2. The Kier molecular flexibility index (Phi) is 14.3. The summed E-state index contributed by atoms with van der Waals surface area (Å²) in [7, 11) is 3.77. The summed E-state index contributed by atoms with van der Waals surface area (Å²) < 4.78 is 40.4. The fourth-order valence-electron chi connectivity index (χ4n) is 2.44. The molecule has 0 saturated heterocycles. The first-order valence-electron chi connectivity index (χ1n) is 9.15. The van der Waals surface area contributed by atoms with Crippen LogP contribution in [0.2, 0.25) is 0 Å². The van der Waals surface area contributed by atoms with Crippen LogP contribution >= 0.6 is 24.0 Å². The van der Waals surface area contributed by atoms with E-state index in [-0.39, 0.29) is 30.6 Å². The number of nitrogens with zero attached hydrogens (tertiary/aromatic N) is 2. The summed E-state index contributed by atoms with van der Waals surface area (Å²) in [5.74, 6) is 0.642. The molecule has 0 aromatic heterocycles. The van der Waals surface area contributed by atoms with Gasteiger partial charge in [-0.1, -0.05) is 30.3 Å². The topological polar surface area (TPSA) is 48.9 Å². The number of benzene rings is 1. The van der Waals surface area contributed by atoms with Crippen molar-refractivity contribution in [1.29, 1.82) is 0 Å². The van der Waals surface area contributed by atoms with Crippen LogP contribution in [0.15, 0.2) is 35.3 Å². The van der Waals surface area contributed by atoms with E-state index in [0.717, 1.165) is 19.5 Å². The van der Waals surface area contributed by atoms with Gasteiger partial charge in [0.15, 0.2) is 5.96 Å². The number of hydrogen-bond acceptors (Lipinski definition) is 3. The number of guanidine groups is 1. The van der Waals surface area contributed by atoms with Crippen LogP contribution in [0.5, 0.6) is 0 Å². The molecule has 0 aliphatic carbocycles. The summed E-state index contributed by atoms with van der Waals surface area (Å²) in [6.45, 7) is 3.19. The molecule has 0 radical (unpaired) electrons. The van der Waals surface area contributed by atoms with Gasteiger partial charge in [-0.15, -0.1) is 24.0 Å². The van der Waals surface area contributed by atoms with Gasteiger partial charge in [-0.05, 0) is 32.4 Å². The van der Waals surface area contributed by atoms with Crippen LogP contribution in [-0.4, -0.2) is 63.5 Å². The molecule has 0 amide bonds. The van der Waals surface area contributed by atoms with E-state index in [9.17, 15) is 13.2 Å². The van der Waals surface area contributed by atoms with Crippen molar-refractivity contribution in [2.45, 2.75) is 38.5 Å². The van der Waals surface area contributed by atoms with Gasteiger partial charge in [0, 0.05) is 39.3 Å². The second-order valence-corrected chi connectivity index (χ2v) is 6.49. The van der Waals surface area contributed by atoms with Crippen LogP contribution < -0.4 is 10.6 Å². The summed E-state index contributed by atoms with van der Waals surface area (Å²) in [5.41, 5.74) is 1.28. The molecule has 1 unspecified atom stereocenters. The zero-order chi connectivity index (χ0) is 20.1. The molecular formula is C19H32F3IN4O. The average molecular weight is 516 g/mol. The average Bonchev–Trinajstić information content (AvgIpc) is 2.62. The van der Waals surface area contributed by atoms with E-state index in [1.807, 2.05) is 18.2 Å². The minimum Gasteiger partial charge on any atom is -0.372 e. The Hall–Kier alpha value is -1.07.